The molecule has 0 aliphatic rings. The van der Waals surface area contributed by atoms with Crippen LogP contribution in [0.15, 0.2) is 6.33 Å². The van der Waals surface area contributed by atoms with E-state index in [1.165, 1.54) is 0 Å². The molecule has 3 nitrogen and oxygen atoms in total. The standard InChI is InChI=1S/C8H15N3/c1-5-8(2,3)7-9-6-11(4)10-7/h6H,5H2,1-4H3. The molecule has 0 aromatic carbocycles. The number of aryl methyl sites for hydroxylation is 1. The monoisotopic (exact) mass is 153 g/mol. The van der Waals surface area contributed by atoms with Crippen molar-refractivity contribution < 1.29 is 0 Å². The molecule has 62 valence electrons. The zero-order valence-electron chi connectivity index (χ0n) is 7.63. The highest BCUT2D eigenvalue weighted by Crippen LogP contribution is 2.22. The molecule has 1 aromatic rings. The highest BCUT2D eigenvalue weighted by atomic mass is 15.3. The highest BCUT2D eigenvalue weighted by molar-refractivity contribution is 5.00. The Bertz CT molecular complexity index is 237. The van der Waals surface area contributed by atoms with Crippen molar-refractivity contribution in [1.29, 1.82) is 0 Å². The van der Waals surface area contributed by atoms with Crippen LogP contribution >= 0.6 is 0 Å². The molecule has 1 aromatic heterocycles. The molecule has 0 N–H and O–H groups in total. The largest absolute Gasteiger partial charge is 0.256 e. The fraction of sp³-hybridized carbons (Fsp3) is 0.750. The summed E-state index contributed by atoms with van der Waals surface area (Å²) in [7, 11) is 1.89. The van der Waals surface area contributed by atoms with Gasteiger partial charge in [-0.25, -0.2) is 4.98 Å². The summed E-state index contributed by atoms with van der Waals surface area (Å²) < 4.78 is 1.74. The number of nitrogens with zero attached hydrogens (tertiary/aromatic N) is 3. The third-order valence-corrected chi connectivity index (χ3v) is 2.09. The van der Waals surface area contributed by atoms with Gasteiger partial charge in [0.05, 0.1) is 0 Å². The molecule has 0 amide bonds. The third-order valence-electron chi connectivity index (χ3n) is 2.09. The van der Waals surface area contributed by atoms with E-state index < -0.39 is 0 Å². The Balaban J connectivity index is 2.92. The molecule has 0 aliphatic heterocycles. The second kappa shape index (κ2) is 2.64. The smallest absolute Gasteiger partial charge is 0.156 e. The van der Waals surface area contributed by atoms with Crippen molar-refractivity contribution in [2.24, 2.45) is 7.05 Å². The molecule has 1 rings (SSSR count). The first-order chi connectivity index (χ1) is 5.06. The average Bonchev–Trinajstić information content (AvgIpc) is 2.36. The van der Waals surface area contributed by atoms with Gasteiger partial charge < -0.3 is 0 Å². The van der Waals surface area contributed by atoms with E-state index in [4.69, 9.17) is 0 Å². The Morgan fingerprint density at radius 2 is 2.18 bits per heavy atom. The summed E-state index contributed by atoms with van der Waals surface area (Å²) in [5.74, 6) is 0.933. The zero-order valence-corrected chi connectivity index (χ0v) is 7.63. The predicted octanol–water partition coefficient (Wildman–Crippen LogP) is 1.50. The molecule has 0 spiro atoms. The molecule has 0 aliphatic carbocycles. The number of hydrogen-bond donors (Lipinski definition) is 0. The molecule has 0 bridgehead atoms. The minimum absolute atomic E-state index is 0.112. The van der Waals surface area contributed by atoms with Crippen molar-refractivity contribution in [2.75, 3.05) is 0 Å². The van der Waals surface area contributed by atoms with E-state index in [0.717, 1.165) is 12.2 Å². The van der Waals surface area contributed by atoms with Crippen LogP contribution in [0.25, 0.3) is 0 Å². The second-order valence-corrected chi connectivity index (χ2v) is 3.48. The van der Waals surface area contributed by atoms with Crippen LogP contribution in [0.3, 0.4) is 0 Å². The van der Waals surface area contributed by atoms with Gasteiger partial charge in [0.25, 0.3) is 0 Å². The normalized spacial score (nSPS) is 12.0. The van der Waals surface area contributed by atoms with Crippen LogP contribution in [0.4, 0.5) is 0 Å². The number of rotatable bonds is 2. The first-order valence-electron chi connectivity index (χ1n) is 3.92. The summed E-state index contributed by atoms with van der Waals surface area (Å²) in [6.07, 6.45) is 2.81. The molecule has 0 radical (unpaired) electrons. The van der Waals surface area contributed by atoms with Crippen molar-refractivity contribution in [3.05, 3.63) is 12.2 Å². The van der Waals surface area contributed by atoms with Crippen molar-refractivity contribution in [3.63, 3.8) is 0 Å². The van der Waals surface area contributed by atoms with Gasteiger partial charge in [0.15, 0.2) is 5.82 Å². The highest BCUT2D eigenvalue weighted by Gasteiger charge is 2.21. The van der Waals surface area contributed by atoms with E-state index in [9.17, 15) is 0 Å². The maximum Gasteiger partial charge on any atom is 0.156 e. The van der Waals surface area contributed by atoms with Gasteiger partial charge in [-0.1, -0.05) is 20.8 Å². The van der Waals surface area contributed by atoms with Crippen LogP contribution < -0.4 is 0 Å². The van der Waals surface area contributed by atoms with Gasteiger partial charge in [0.2, 0.25) is 0 Å². The Morgan fingerprint density at radius 1 is 1.55 bits per heavy atom. The van der Waals surface area contributed by atoms with Crippen LogP contribution in [0.1, 0.15) is 33.0 Å². The fourth-order valence-corrected chi connectivity index (χ4v) is 0.808. The Labute approximate surface area is 67.4 Å². The van der Waals surface area contributed by atoms with E-state index in [0.29, 0.717) is 0 Å². The number of aromatic nitrogens is 3. The van der Waals surface area contributed by atoms with Gasteiger partial charge in [-0.3, -0.25) is 4.68 Å². The van der Waals surface area contributed by atoms with Crippen LogP contribution in [-0.4, -0.2) is 14.8 Å². The molecule has 0 fully saturated rings. The summed E-state index contributed by atoms with van der Waals surface area (Å²) in [6, 6.07) is 0. The molecular weight excluding hydrogens is 138 g/mol. The van der Waals surface area contributed by atoms with Crippen molar-refractivity contribution >= 4 is 0 Å². The van der Waals surface area contributed by atoms with E-state index in [1.807, 2.05) is 7.05 Å². The molecule has 0 saturated heterocycles. The summed E-state index contributed by atoms with van der Waals surface area (Å²) in [5.41, 5.74) is 0.112. The van der Waals surface area contributed by atoms with Gasteiger partial charge in [-0.2, -0.15) is 5.10 Å². The van der Waals surface area contributed by atoms with Gasteiger partial charge in [0, 0.05) is 12.5 Å². The summed E-state index contributed by atoms with van der Waals surface area (Å²) in [4.78, 5) is 4.21. The lowest BCUT2D eigenvalue weighted by atomic mass is 9.90. The lowest BCUT2D eigenvalue weighted by molar-refractivity contribution is 0.469. The SMILES string of the molecule is CCC(C)(C)c1ncn(C)n1. The van der Waals surface area contributed by atoms with Gasteiger partial charge in [-0.05, 0) is 6.42 Å². The predicted molar refractivity (Wildman–Crippen MR) is 44.3 cm³/mol. The van der Waals surface area contributed by atoms with E-state index in [1.54, 1.807) is 11.0 Å². The molecule has 1 heterocycles. The van der Waals surface area contributed by atoms with E-state index >= 15 is 0 Å². The van der Waals surface area contributed by atoms with Crippen LogP contribution in [0.5, 0.6) is 0 Å². The molecule has 0 unspecified atom stereocenters. The minimum Gasteiger partial charge on any atom is -0.256 e. The van der Waals surface area contributed by atoms with Gasteiger partial charge >= 0.3 is 0 Å². The third kappa shape index (κ3) is 1.59. The quantitative estimate of drug-likeness (QED) is 0.644. The number of hydrogen-bond acceptors (Lipinski definition) is 2. The van der Waals surface area contributed by atoms with Gasteiger partial charge in [0.1, 0.15) is 6.33 Å². The Morgan fingerprint density at radius 3 is 2.55 bits per heavy atom. The summed E-state index contributed by atoms with van der Waals surface area (Å²) in [5, 5.41) is 4.26. The second-order valence-electron chi connectivity index (χ2n) is 3.48. The Hall–Kier alpha value is -0.860. The van der Waals surface area contributed by atoms with Crippen molar-refractivity contribution in [1.82, 2.24) is 14.8 Å². The molecule has 3 heteroatoms. The van der Waals surface area contributed by atoms with Crippen LogP contribution in [0, 0.1) is 0 Å². The minimum atomic E-state index is 0.112. The van der Waals surface area contributed by atoms with Crippen LogP contribution in [0.2, 0.25) is 0 Å². The molecule has 0 saturated carbocycles. The molecular formula is C8H15N3. The molecule has 11 heavy (non-hydrogen) atoms. The lowest BCUT2D eigenvalue weighted by Gasteiger charge is -2.17. The van der Waals surface area contributed by atoms with Crippen molar-refractivity contribution in [3.8, 4) is 0 Å². The maximum atomic E-state index is 4.26. The van der Waals surface area contributed by atoms with E-state index in [-0.39, 0.29) is 5.41 Å². The molecule has 0 atom stereocenters. The lowest BCUT2D eigenvalue weighted by Crippen LogP contribution is -2.17. The Kier molecular flexibility index (Phi) is 1.98. The first-order valence-corrected chi connectivity index (χ1v) is 3.92. The fourth-order valence-electron chi connectivity index (χ4n) is 0.808. The topological polar surface area (TPSA) is 30.7 Å². The summed E-state index contributed by atoms with van der Waals surface area (Å²) >= 11 is 0. The maximum absolute atomic E-state index is 4.26. The summed E-state index contributed by atoms with van der Waals surface area (Å²) in [6.45, 7) is 6.46. The van der Waals surface area contributed by atoms with Crippen LogP contribution in [-0.2, 0) is 12.5 Å². The van der Waals surface area contributed by atoms with E-state index in [2.05, 4.69) is 30.9 Å². The van der Waals surface area contributed by atoms with Gasteiger partial charge in [-0.15, -0.1) is 0 Å². The average molecular weight is 153 g/mol. The zero-order chi connectivity index (χ0) is 8.48. The first kappa shape index (κ1) is 8.24. The van der Waals surface area contributed by atoms with Crippen molar-refractivity contribution in [2.45, 2.75) is 32.6 Å².